The zero-order chi connectivity index (χ0) is 22.1. The summed E-state index contributed by atoms with van der Waals surface area (Å²) in [6.45, 7) is 3.29. The molecule has 0 saturated heterocycles. The molecular formula is C24H23FN6O. The van der Waals surface area contributed by atoms with Crippen LogP contribution in [0.4, 0.5) is 16.0 Å². The van der Waals surface area contributed by atoms with Crippen LogP contribution in [0.1, 0.15) is 22.9 Å². The predicted molar refractivity (Wildman–Crippen MR) is 120 cm³/mol. The maximum atomic E-state index is 14.7. The van der Waals surface area contributed by atoms with Crippen molar-refractivity contribution in [2.75, 3.05) is 18.9 Å². The molecular weight excluding hydrogens is 407 g/mol. The van der Waals surface area contributed by atoms with Crippen LogP contribution in [-0.2, 0) is 6.54 Å². The molecule has 0 aliphatic carbocycles. The fourth-order valence-corrected chi connectivity index (χ4v) is 3.79. The van der Waals surface area contributed by atoms with Crippen LogP contribution < -0.4 is 10.1 Å². The van der Waals surface area contributed by atoms with Gasteiger partial charge in [-0.05, 0) is 37.7 Å². The van der Waals surface area contributed by atoms with Gasteiger partial charge in [-0.1, -0.05) is 30.3 Å². The van der Waals surface area contributed by atoms with Gasteiger partial charge in [-0.15, -0.1) is 0 Å². The molecule has 1 N–H and O–H groups in total. The lowest BCUT2D eigenvalue weighted by atomic mass is 10.1. The average molecular weight is 430 g/mol. The van der Waals surface area contributed by atoms with Gasteiger partial charge in [0.25, 0.3) is 0 Å². The van der Waals surface area contributed by atoms with E-state index in [0.29, 0.717) is 29.7 Å². The zero-order valence-electron chi connectivity index (χ0n) is 17.9. The summed E-state index contributed by atoms with van der Waals surface area (Å²) < 4.78 is 22.6. The Morgan fingerprint density at radius 2 is 1.97 bits per heavy atom. The molecule has 2 aromatic carbocycles. The minimum atomic E-state index is -0.371. The maximum absolute atomic E-state index is 14.7. The Labute approximate surface area is 185 Å². The monoisotopic (exact) mass is 430 g/mol. The first-order valence-electron chi connectivity index (χ1n) is 10.4. The van der Waals surface area contributed by atoms with Crippen molar-refractivity contribution in [1.29, 1.82) is 0 Å². The number of nitrogens with zero attached hydrogens (tertiary/aromatic N) is 5. The van der Waals surface area contributed by atoms with Gasteiger partial charge in [0.1, 0.15) is 11.9 Å². The number of ether oxygens (including phenoxy) is 1. The largest absolute Gasteiger partial charge is 0.468 e. The van der Waals surface area contributed by atoms with Gasteiger partial charge >= 0.3 is 0 Å². The molecule has 2 aromatic heterocycles. The first kappa shape index (κ1) is 20.1. The molecule has 32 heavy (non-hydrogen) atoms. The van der Waals surface area contributed by atoms with Gasteiger partial charge in [0, 0.05) is 36.7 Å². The van der Waals surface area contributed by atoms with Gasteiger partial charge in [-0.3, -0.25) is 4.90 Å². The highest BCUT2D eigenvalue weighted by atomic mass is 19.1. The van der Waals surface area contributed by atoms with Crippen molar-refractivity contribution in [3.63, 3.8) is 0 Å². The Hall–Kier alpha value is -3.78. The summed E-state index contributed by atoms with van der Waals surface area (Å²) >= 11 is 0. The molecule has 4 aromatic rings. The Balaban J connectivity index is 1.39. The lowest BCUT2D eigenvalue weighted by Gasteiger charge is -2.20. The van der Waals surface area contributed by atoms with Crippen LogP contribution in [0.25, 0.3) is 5.69 Å². The number of aromatic nitrogens is 4. The quantitative estimate of drug-likeness (QED) is 0.517. The van der Waals surface area contributed by atoms with Gasteiger partial charge in [-0.25, -0.2) is 14.4 Å². The number of nitrogens with one attached hydrogen (secondary N) is 1. The molecule has 1 aliphatic heterocycles. The van der Waals surface area contributed by atoms with Crippen molar-refractivity contribution in [2.45, 2.75) is 19.6 Å². The SMILES string of the molecule is Cc1cn(-c2ccc(Nc3ncc4c(n3)OC(c3ccccc3)CN(C)C4)cc2F)cn1. The summed E-state index contributed by atoms with van der Waals surface area (Å²) in [5, 5.41) is 3.08. The third-order valence-electron chi connectivity index (χ3n) is 5.36. The number of hydrogen-bond acceptors (Lipinski definition) is 6. The molecule has 1 atom stereocenters. The Kier molecular flexibility index (Phi) is 5.28. The summed E-state index contributed by atoms with van der Waals surface area (Å²) in [4.78, 5) is 15.3. The first-order chi connectivity index (χ1) is 15.5. The fraction of sp³-hybridized carbons (Fsp3) is 0.208. The van der Waals surface area contributed by atoms with Crippen LogP contribution in [0, 0.1) is 12.7 Å². The second kappa shape index (κ2) is 8.39. The lowest BCUT2D eigenvalue weighted by Crippen LogP contribution is -2.24. The van der Waals surface area contributed by atoms with Gasteiger partial charge in [0.2, 0.25) is 11.8 Å². The van der Waals surface area contributed by atoms with Crippen LogP contribution in [-0.4, -0.2) is 38.0 Å². The van der Waals surface area contributed by atoms with E-state index in [9.17, 15) is 4.39 Å². The third kappa shape index (κ3) is 4.17. The van der Waals surface area contributed by atoms with E-state index in [0.717, 1.165) is 23.4 Å². The predicted octanol–water partition coefficient (Wildman–Crippen LogP) is 4.42. The van der Waals surface area contributed by atoms with Crippen molar-refractivity contribution in [1.82, 2.24) is 24.4 Å². The zero-order valence-corrected chi connectivity index (χ0v) is 17.9. The van der Waals surface area contributed by atoms with Gasteiger partial charge < -0.3 is 14.6 Å². The smallest absolute Gasteiger partial charge is 0.230 e. The van der Waals surface area contributed by atoms with E-state index in [2.05, 4.69) is 37.3 Å². The number of aryl methyl sites for hydroxylation is 1. The fourth-order valence-electron chi connectivity index (χ4n) is 3.79. The van der Waals surface area contributed by atoms with E-state index in [1.807, 2.05) is 32.2 Å². The van der Waals surface area contributed by atoms with Gasteiger partial charge in [-0.2, -0.15) is 4.98 Å². The molecule has 8 heteroatoms. The van der Waals surface area contributed by atoms with Crippen molar-refractivity contribution in [3.8, 4) is 11.6 Å². The molecule has 0 spiro atoms. The van der Waals surface area contributed by atoms with Crippen LogP contribution in [0.3, 0.4) is 0 Å². The minimum absolute atomic E-state index is 0.138. The first-order valence-corrected chi connectivity index (χ1v) is 10.4. The second-order valence-corrected chi connectivity index (χ2v) is 7.95. The molecule has 0 amide bonds. The highest BCUT2D eigenvalue weighted by Crippen LogP contribution is 2.30. The molecule has 7 nitrogen and oxygen atoms in total. The molecule has 0 radical (unpaired) electrons. The van der Waals surface area contributed by atoms with Crippen molar-refractivity contribution < 1.29 is 9.13 Å². The molecule has 1 aliphatic rings. The summed E-state index contributed by atoms with van der Waals surface area (Å²) in [5.74, 6) is 0.515. The number of halogens is 1. The number of rotatable bonds is 4. The molecule has 0 fully saturated rings. The van der Waals surface area contributed by atoms with Crippen molar-refractivity contribution >= 4 is 11.6 Å². The summed E-state index contributed by atoms with van der Waals surface area (Å²) in [6, 6.07) is 15.0. The number of anilines is 2. The van der Waals surface area contributed by atoms with Crippen LogP contribution in [0.2, 0.25) is 0 Å². The van der Waals surface area contributed by atoms with Crippen LogP contribution in [0.5, 0.6) is 5.88 Å². The van der Waals surface area contributed by atoms with E-state index in [1.54, 1.807) is 35.4 Å². The third-order valence-corrected chi connectivity index (χ3v) is 5.36. The molecule has 0 saturated carbocycles. The average Bonchev–Trinajstić information content (AvgIpc) is 3.13. The number of benzene rings is 2. The Morgan fingerprint density at radius 1 is 1.12 bits per heavy atom. The molecule has 1 unspecified atom stereocenters. The topological polar surface area (TPSA) is 68.1 Å². The van der Waals surface area contributed by atoms with E-state index < -0.39 is 0 Å². The standard InChI is InChI=1S/C24H23FN6O/c1-16-12-31(15-27-16)21-9-8-19(10-20(21)25)28-24-26-11-18-13-30(2)14-22(32-23(18)29-24)17-6-4-3-5-7-17/h3-12,15,22H,13-14H2,1-2H3,(H,26,28,29). The van der Waals surface area contributed by atoms with Gasteiger partial charge in [0.05, 0.1) is 17.7 Å². The molecule has 5 rings (SSSR count). The maximum Gasteiger partial charge on any atom is 0.230 e. The van der Waals surface area contributed by atoms with Crippen LogP contribution in [0.15, 0.2) is 67.3 Å². The highest BCUT2D eigenvalue weighted by Gasteiger charge is 2.24. The second-order valence-electron chi connectivity index (χ2n) is 7.95. The Bertz CT molecular complexity index is 1240. The number of likely N-dealkylation sites (N-methyl/N-ethyl adjacent to an activating group) is 1. The van der Waals surface area contributed by atoms with Crippen LogP contribution >= 0.6 is 0 Å². The number of hydrogen-bond donors (Lipinski definition) is 1. The number of fused-ring (bicyclic) bond motifs is 1. The number of imidazole rings is 1. The summed E-state index contributed by atoms with van der Waals surface area (Å²) in [7, 11) is 2.05. The van der Waals surface area contributed by atoms with E-state index in [-0.39, 0.29) is 11.9 Å². The normalized spacial score (nSPS) is 16.2. The van der Waals surface area contributed by atoms with Crippen molar-refractivity contribution in [3.05, 3.63) is 89.9 Å². The van der Waals surface area contributed by atoms with Gasteiger partial charge in [0.15, 0.2) is 0 Å². The van der Waals surface area contributed by atoms with Crippen molar-refractivity contribution in [2.24, 2.45) is 0 Å². The summed E-state index contributed by atoms with van der Waals surface area (Å²) in [5.41, 5.74) is 3.80. The van der Waals surface area contributed by atoms with E-state index in [4.69, 9.17) is 4.74 Å². The Morgan fingerprint density at radius 3 is 2.72 bits per heavy atom. The molecule has 3 heterocycles. The van der Waals surface area contributed by atoms with E-state index in [1.165, 1.54) is 6.07 Å². The summed E-state index contributed by atoms with van der Waals surface area (Å²) in [6.07, 6.45) is 4.99. The molecule has 162 valence electrons. The minimum Gasteiger partial charge on any atom is -0.468 e. The van der Waals surface area contributed by atoms with E-state index >= 15 is 0 Å². The lowest BCUT2D eigenvalue weighted by molar-refractivity contribution is 0.160. The molecule has 0 bridgehead atoms. The highest BCUT2D eigenvalue weighted by molar-refractivity contribution is 5.57.